The van der Waals surface area contributed by atoms with E-state index in [0.29, 0.717) is 6.54 Å². The van der Waals surface area contributed by atoms with E-state index in [4.69, 9.17) is 5.11 Å². The van der Waals surface area contributed by atoms with Crippen LogP contribution in [-0.4, -0.2) is 41.2 Å². The molecule has 2 aromatic carbocycles. The van der Waals surface area contributed by atoms with Crippen LogP contribution < -0.4 is 5.32 Å². The molecule has 6 heteroatoms. The van der Waals surface area contributed by atoms with Gasteiger partial charge in [0.2, 0.25) is 0 Å². The fourth-order valence-electron chi connectivity index (χ4n) is 2.35. The molecule has 1 heterocycles. The molecule has 3 rings (SSSR count). The van der Waals surface area contributed by atoms with E-state index in [1.54, 1.807) is 18.4 Å². The number of para-hydroxylation sites is 1. The molecule has 2 amide bonds. The van der Waals surface area contributed by atoms with Crippen LogP contribution in [0, 0.1) is 0 Å². The second-order valence-corrected chi connectivity index (χ2v) is 6.64. The average molecular weight is 341 g/mol. The summed E-state index contributed by atoms with van der Waals surface area (Å²) in [4.78, 5) is 18.0. The van der Waals surface area contributed by atoms with E-state index in [-0.39, 0.29) is 12.6 Å². The van der Waals surface area contributed by atoms with Crippen LogP contribution in [0.15, 0.2) is 48.5 Å². The third kappa shape index (κ3) is 3.90. The summed E-state index contributed by atoms with van der Waals surface area (Å²) in [5, 5.41) is 12.7. The van der Waals surface area contributed by atoms with Crippen molar-refractivity contribution in [1.82, 2.24) is 9.88 Å². The number of anilines is 1. The molecule has 0 saturated carbocycles. The fourth-order valence-corrected chi connectivity index (χ4v) is 3.35. The van der Waals surface area contributed by atoms with Crippen molar-refractivity contribution < 1.29 is 9.90 Å². The minimum absolute atomic E-state index is 0.0506. The largest absolute Gasteiger partial charge is 0.395 e. The molecule has 0 fully saturated rings. The summed E-state index contributed by atoms with van der Waals surface area (Å²) < 4.78 is 1.20. The molecule has 2 N–H and O–H groups in total. The number of carbonyl (C=O) groups is 1. The van der Waals surface area contributed by atoms with Gasteiger partial charge < -0.3 is 15.3 Å². The van der Waals surface area contributed by atoms with Gasteiger partial charge in [-0.15, -0.1) is 11.3 Å². The number of fused-ring (bicyclic) bond motifs is 1. The Morgan fingerprint density at radius 3 is 2.67 bits per heavy atom. The van der Waals surface area contributed by atoms with Crippen LogP contribution in [0.5, 0.6) is 0 Å². The number of carbonyl (C=O) groups excluding carboxylic acids is 1. The number of nitrogens with zero attached hydrogens (tertiary/aromatic N) is 2. The lowest BCUT2D eigenvalue weighted by atomic mass is 10.1. The zero-order valence-corrected chi connectivity index (χ0v) is 14.2. The minimum Gasteiger partial charge on any atom is -0.395 e. The number of urea groups is 1. The summed E-state index contributed by atoms with van der Waals surface area (Å²) in [7, 11) is 1.65. The van der Waals surface area contributed by atoms with Gasteiger partial charge in [0.15, 0.2) is 0 Å². The molecule has 24 heavy (non-hydrogen) atoms. The minimum atomic E-state index is -0.233. The molecule has 0 spiro atoms. The number of benzene rings is 2. The maximum atomic E-state index is 11.9. The van der Waals surface area contributed by atoms with E-state index in [2.05, 4.69) is 16.4 Å². The Bertz CT molecular complexity index is 797. The standard InChI is InChI=1S/C18H19N3O2S/c1-21(10-11-22)18(23)19-14-8-6-13(7-9-14)12-17-20-15-4-2-3-5-16(15)24-17/h2-9,22H,10-12H2,1H3,(H,19,23). The van der Waals surface area contributed by atoms with E-state index in [9.17, 15) is 4.79 Å². The van der Waals surface area contributed by atoms with Gasteiger partial charge in [-0.1, -0.05) is 24.3 Å². The molecule has 0 bridgehead atoms. The fraction of sp³-hybridized carbons (Fsp3) is 0.222. The van der Waals surface area contributed by atoms with Gasteiger partial charge in [-0.3, -0.25) is 0 Å². The van der Waals surface area contributed by atoms with Gasteiger partial charge in [-0.2, -0.15) is 0 Å². The molecule has 0 radical (unpaired) electrons. The summed E-state index contributed by atoms with van der Waals surface area (Å²) >= 11 is 1.71. The number of hydrogen-bond acceptors (Lipinski definition) is 4. The molecule has 0 saturated heterocycles. The maximum absolute atomic E-state index is 11.9. The van der Waals surface area contributed by atoms with Crippen molar-refractivity contribution in [2.24, 2.45) is 0 Å². The van der Waals surface area contributed by atoms with E-state index >= 15 is 0 Å². The van der Waals surface area contributed by atoms with Crippen LogP contribution in [0.4, 0.5) is 10.5 Å². The second-order valence-electron chi connectivity index (χ2n) is 5.52. The summed E-state index contributed by atoms with van der Waals surface area (Å²) in [6.45, 7) is 0.256. The Hall–Kier alpha value is -2.44. The quantitative estimate of drug-likeness (QED) is 0.748. The third-order valence-corrected chi connectivity index (χ3v) is 4.72. The van der Waals surface area contributed by atoms with Crippen molar-refractivity contribution in [3.05, 3.63) is 59.1 Å². The maximum Gasteiger partial charge on any atom is 0.321 e. The summed E-state index contributed by atoms with van der Waals surface area (Å²) in [5.41, 5.74) is 2.92. The Morgan fingerprint density at radius 1 is 1.21 bits per heavy atom. The van der Waals surface area contributed by atoms with Crippen molar-refractivity contribution in [2.75, 3.05) is 25.5 Å². The first-order valence-corrected chi connectivity index (χ1v) is 8.54. The van der Waals surface area contributed by atoms with Crippen molar-refractivity contribution in [1.29, 1.82) is 0 Å². The lowest BCUT2D eigenvalue weighted by molar-refractivity contribution is 0.202. The van der Waals surface area contributed by atoms with E-state index in [1.165, 1.54) is 9.60 Å². The number of amides is 2. The lowest BCUT2D eigenvalue weighted by Crippen LogP contribution is -2.33. The van der Waals surface area contributed by atoms with Gasteiger partial charge in [0.1, 0.15) is 0 Å². The number of aliphatic hydroxyl groups is 1. The second kappa shape index (κ2) is 7.42. The highest BCUT2D eigenvalue weighted by Gasteiger charge is 2.08. The highest BCUT2D eigenvalue weighted by molar-refractivity contribution is 7.18. The van der Waals surface area contributed by atoms with Crippen molar-refractivity contribution in [2.45, 2.75) is 6.42 Å². The van der Waals surface area contributed by atoms with Crippen molar-refractivity contribution in [3.8, 4) is 0 Å². The first-order valence-electron chi connectivity index (χ1n) is 7.72. The number of aromatic nitrogens is 1. The highest BCUT2D eigenvalue weighted by Crippen LogP contribution is 2.24. The van der Waals surface area contributed by atoms with Crippen LogP contribution >= 0.6 is 11.3 Å². The number of hydrogen-bond donors (Lipinski definition) is 2. The number of aliphatic hydroxyl groups excluding tert-OH is 1. The Morgan fingerprint density at radius 2 is 1.96 bits per heavy atom. The van der Waals surface area contributed by atoms with Crippen LogP contribution in [-0.2, 0) is 6.42 Å². The zero-order valence-electron chi connectivity index (χ0n) is 13.4. The Kier molecular flexibility index (Phi) is 5.08. The third-order valence-electron chi connectivity index (χ3n) is 3.68. The average Bonchev–Trinajstić information content (AvgIpc) is 2.99. The summed E-state index contributed by atoms with van der Waals surface area (Å²) in [6, 6.07) is 15.6. The molecule has 1 aromatic heterocycles. The topological polar surface area (TPSA) is 65.5 Å². The number of nitrogens with one attached hydrogen (secondary N) is 1. The molecule has 124 valence electrons. The predicted molar refractivity (Wildman–Crippen MR) is 97.6 cm³/mol. The van der Waals surface area contributed by atoms with Gasteiger partial charge in [-0.25, -0.2) is 9.78 Å². The number of rotatable bonds is 5. The van der Waals surface area contributed by atoms with Crippen LogP contribution in [0.1, 0.15) is 10.6 Å². The predicted octanol–water partition coefficient (Wildman–Crippen LogP) is 3.34. The molecule has 3 aromatic rings. The molecular formula is C18H19N3O2S. The molecule has 5 nitrogen and oxygen atoms in total. The molecule has 0 unspecified atom stereocenters. The molecular weight excluding hydrogens is 322 g/mol. The van der Waals surface area contributed by atoms with Gasteiger partial charge in [0, 0.05) is 25.7 Å². The van der Waals surface area contributed by atoms with Gasteiger partial charge in [0.25, 0.3) is 0 Å². The van der Waals surface area contributed by atoms with Crippen LogP contribution in [0.25, 0.3) is 10.2 Å². The van der Waals surface area contributed by atoms with E-state index in [1.807, 2.05) is 42.5 Å². The number of likely N-dealkylation sites (N-methyl/N-ethyl adjacent to an activating group) is 1. The van der Waals surface area contributed by atoms with E-state index in [0.717, 1.165) is 28.2 Å². The van der Waals surface area contributed by atoms with Crippen LogP contribution in [0.2, 0.25) is 0 Å². The first kappa shape index (κ1) is 16.4. The highest BCUT2D eigenvalue weighted by atomic mass is 32.1. The Labute approximate surface area is 144 Å². The summed E-state index contributed by atoms with van der Waals surface area (Å²) in [5.74, 6) is 0. The van der Waals surface area contributed by atoms with E-state index < -0.39 is 0 Å². The van der Waals surface area contributed by atoms with Crippen LogP contribution in [0.3, 0.4) is 0 Å². The first-order chi connectivity index (χ1) is 11.7. The molecule has 0 aliphatic heterocycles. The van der Waals surface area contributed by atoms with Gasteiger partial charge >= 0.3 is 6.03 Å². The smallest absolute Gasteiger partial charge is 0.321 e. The normalized spacial score (nSPS) is 10.8. The number of thiazole rings is 1. The monoisotopic (exact) mass is 341 g/mol. The molecule has 0 aliphatic carbocycles. The lowest BCUT2D eigenvalue weighted by Gasteiger charge is -2.16. The van der Waals surface area contributed by atoms with Crippen molar-refractivity contribution >= 4 is 33.3 Å². The molecule has 0 aliphatic rings. The van der Waals surface area contributed by atoms with Crippen molar-refractivity contribution in [3.63, 3.8) is 0 Å². The SMILES string of the molecule is CN(CCO)C(=O)Nc1ccc(Cc2nc3ccccc3s2)cc1. The van der Waals surface area contributed by atoms with Gasteiger partial charge in [0.05, 0.1) is 21.8 Å². The Balaban J connectivity index is 1.65. The molecule has 0 atom stereocenters. The zero-order chi connectivity index (χ0) is 16.9. The summed E-state index contributed by atoms with van der Waals surface area (Å²) in [6.07, 6.45) is 0.776. The van der Waals surface area contributed by atoms with Gasteiger partial charge in [-0.05, 0) is 29.8 Å².